The van der Waals surface area contributed by atoms with Crippen molar-refractivity contribution in [1.82, 2.24) is 20.3 Å². The molecule has 0 fully saturated rings. The second kappa shape index (κ2) is 5.36. The van der Waals surface area contributed by atoms with Crippen molar-refractivity contribution in [1.29, 1.82) is 0 Å². The quantitative estimate of drug-likeness (QED) is 0.822. The SMILES string of the molecule is CCNC(c1cnccn1)c1cccnc1N. The maximum atomic E-state index is 5.89. The Bertz CT molecular complexity index is 471. The molecule has 2 heterocycles. The van der Waals surface area contributed by atoms with Gasteiger partial charge in [0.25, 0.3) is 0 Å². The Morgan fingerprint density at radius 3 is 2.82 bits per heavy atom. The number of nitrogens with one attached hydrogen (secondary N) is 1. The van der Waals surface area contributed by atoms with Crippen molar-refractivity contribution in [2.75, 3.05) is 12.3 Å². The van der Waals surface area contributed by atoms with Crippen LogP contribution in [0.2, 0.25) is 0 Å². The van der Waals surface area contributed by atoms with Crippen LogP contribution in [0.4, 0.5) is 5.82 Å². The number of rotatable bonds is 4. The van der Waals surface area contributed by atoms with Crippen LogP contribution in [0.25, 0.3) is 0 Å². The fraction of sp³-hybridized carbons (Fsp3) is 0.250. The summed E-state index contributed by atoms with van der Waals surface area (Å²) in [5.74, 6) is 0.518. The molecule has 0 aliphatic rings. The van der Waals surface area contributed by atoms with Crippen LogP contribution in [0.5, 0.6) is 0 Å². The van der Waals surface area contributed by atoms with E-state index in [0.29, 0.717) is 5.82 Å². The highest BCUT2D eigenvalue weighted by molar-refractivity contribution is 5.43. The molecule has 17 heavy (non-hydrogen) atoms. The van der Waals surface area contributed by atoms with Gasteiger partial charge in [0.15, 0.2) is 0 Å². The van der Waals surface area contributed by atoms with E-state index < -0.39 is 0 Å². The lowest BCUT2D eigenvalue weighted by Crippen LogP contribution is -2.24. The summed E-state index contributed by atoms with van der Waals surface area (Å²) in [5, 5.41) is 3.33. The Balaban J connectivity index is 2.39. The highest BCUT2D eigenvalue weighted by atomic mass is 15.0. The van der Waals surface area contributed by atoms with Gasteiger partial charge < -0.3 is 11.1 Å². The van der Waals surface area contributed by atoms with Gasteiger partial charge >= 0.3 is 0 Å². The molecule has 5 nitrogen and oxygen atoms in total. The first-order valence-corrected chi connectivity index (χ1v) is 5.52. The van der Waals surface area contributed by atoms with Crippen molar-refractivity contribution >= 4 is 5.82 Å². The second-order valence-electron chi connectivity index (χ2n) is 3.60. The largest absolute Gasteiger partial charge is 0.383 e. The van der Waals surface area contributed by atoms with Crippen molar-refractivity contribution in [2.24, 2.45) is 0 Å². The summed E-state index contributed by atoms with van der Waals surface area (Å²) in [7, 11) is 0. The Kier molecular flexibility index (Phi) is 3.62. The van der Waals surface area contributed by atoms with Crippen LogP contribution in [0, 0.1) is 0 Å². The normalized spacial score (nSPS) is 12.3. The van der Waals surface area contributed by atoms with Gasteiger partial charge in [-0.05, 0) is 12.6 Å². The highest BCUT2D eigenvalue weighted by Gasteiger charge is 2.17. The predicted molar refractivity (Wildman–Crippen MR) is 66.2 cm³/mol. The van der Waals surface area contributed by atoms with Crippen LogP contribution in [0.1, 0.15) is 24.2 Å². The van der Waals surface area contributed by atoms with E-state index in [1.54, 1.807) is 24.8 Å². The molecule has 0 spiro atoms. The average molecular weight is 229 g/mol. The van der Waals surface area contributed by atoms with Gasteiger partial charge in [-0.2, -0.15) is 0 Å². The second-order valence-corrected chi connectivity index (χ2v) is 3.60. The highest BCUT2D eigenvalue weighted by Crippen LogP contribution is 2.22. The van der Waals surface area contributed by atoms with E-state index in [2.05, 4.69) is 20.3 Å². The average Bonchev–Trinajstić information content (AvgIpc) is 2.38. The molecule has 88 valence electrons. The molecule has 5 heteroatoms. The zero-order chi connectivity index (χ0) is 12.1. The van der Waals surface area contributed by atoms with E-state index in [1.807, 2.05) is 19.1 Å². The number of nitrogen functional groups attached to an aromatic ring is 1. The summed E-state index contributed by atoms with van der Waals surface area (Å²) in [6, 6.07) is 3.75. The predicted octanol–water partition coefficient (Wildman–Crippen LogP) is 1.15. The number of nitrogens with two attached hydrogens (primary N) is 1. The van der Waals surface area contributed by atoms with Crippen molar-refractivity contribution in [2.45, 2.75) is 13.0 Å². The fourth-order valence-electron chi connectivity index (χ4n) is 1.71. The van der Waals surface area contributed by atoms with E-state index in [-0.39, 0.29) is 6.04 Å². The standard InChI is InChI=1S/C12H15N5/c1-2-15-11(10-8-14-6-7-16-10)9-4-3-5-17-12(9)13/h3-8,11,15H,2H2,1H3,(H2,13,17). The van der Waals surface area contributed by atoms with E-state index in [0.717, 1.165) is 17.8 Å². The van der Waals surface area contributed by atoms with Crippen molar-refractivity contribution < 1.29 is 0 Å². The van der Waals surface area contributed by atoms with Gasteiger partial charge in [-0.25, -0.2) is 4.98 Å². The van der Waals surface area contributed by atoms with Gasteiger partial charge in [0.05, 0.1) is 17.9 Å². The fourth-order valence-corrected chi connectivity index (χ4v) is 1.71. The molecule has 2 aromatic heterocycles. The molecule has 0 aliphatic carbocycles. The lowest BCUT2D eigenvalue weighted by molar-refractivity contribution is 0.612. The van der Waals surface area contributed by atoms with Gasteiger partial charge in [0.2, 0.25) is 0 Å². The lowest BCUT2D eigenvalue weighted by Gasteiger charge is -2.18. The van der Waals surface area contributed by atoms with Crippen molar-refractivity contribution in [3.63, 3.8) is 0 Å². The Morgan fingerprint density at radius 1 is 1.29 bits per heavy atom. The summed E-state index contributed by atoms with van der Waals surface area (Å²) >= 11 is 0. The third-order valence-corrected chi connectivity index (χ3v) is 2.47. The third-order valence-electron chi connectivity index (χ3n) is 2.47. The minimum atomic E-state index is -0.0672. The van der Waals surface area contributed by atoms with Crippen LogP contribution in [0.3, 0.4) is 0 Å². The minimum Gasteiger partial charge on any atom is -0.383 e. The number of hydrogen-bond donors (Lipinski definition) is 2. The molecule has 1 unspecified atom stereocenters. The molecular weight excluding hydrogens is 214 g/mol. The molecular formula is C12H15N5. The number of aromatic nitrogens is 3. The summed E-state index contributed by atoms with van der Waals surface area (Å²) in [6.07, 6.45) is 6.74. The zero-order valence-corrected chi connectivity index (χ0v) is 9.67. The van der Waals surface area contributed by atoms with Crippen LogP contribution in [-0.4, -0.2) is 21.5 Å². The van der Waals surface area contributed by atoms with Crippen molar-refractivity contribution in [3.05, 3.63) is 48.2 Å². The van der Waals surface area contributed by atoms with Crippen molar-refractivity contribution in [3.8, 4) is 0 Å². The molecule has 0 saturated heterocycles. The van der Waals surface area contributed by atoms with Crippen LogP contribution >= 0.6 is 0 Å². The lowest BCUT2D eigenvalue weighted by atomic mass is 10.1. The molecule has 2 rings (SSSR count). The molecule has 0 aliphatic heterocycles. The van der Waals surface area contributed by atoms with E-state index in [1.165, 1.54) is 0 Å². The first kappa shape index (κ1) is 11.5. The molecule has 0 aromatic carbocycles. The van der Waals surface area contributed by atoms with Gasteiger partial charge in [-0.1, -0.05) is 13.0 Å². The van der Waals surface area contributed by atoms with Crippen LogP contribution in [0.15, 0.2) is 36.9 Å². The zero-order valence-electron chi connectivity index (χ0n) is 9.67. The van der Waals surface area contributed by atoms with Crippen LogP contribution < -0.4 is 11.1 Å². The minimum absolute atomic E-state index is 0.0672. The summed E-state index contributed by atoms with van der Waals surface area (Å²) in [5.41, 5.74) is 7.66. The van der Waals surface area contributed by atoms with Gasteiger partial charge in [-0.3, -0.25) is 9.97 Å². The Hall–Kier alpha value is -2.01. The first-order valence-electron chi connectivity index (χ1n) is 5.52. The topological polar surface area (TPSA) is 76.7 Å². The summed E-state index contributed by atoms with van der Waals surface area (Å²) < 4.78 is 0. The molecule has 0 bridgehead atoms. The van der Waals surface area contributed by atoms with E-state index >= 15 is 0 Å². The van der Waals surface area contributed by atoms with E-state index in [4.69, 9.17) is 5.73 Å². The first-order chi connectivity index (χ1) is 8.33. The number of anilines is 1. The molecule has 0 radical (unpaired) electrons. The number of hydrogen-bond acceptors (Lipinski definition) is 5. The van der Waals surface area contributed by atoms with Crippen LogP contribution in [-0.2, 0) is 0 Å². The van der Waals surface area contributed by atoms with Gasteiger partial charge in [0, 0.05) is 24.2 Å². The third kappa shape index (κ3) is 2.57. The van der Waals surface area contributed by atoms with Gasteiger partial charge in [-0.15, -0.1) is 0 Å². The number of pyridine rings is 1. The molecule has 2 aromatic rings. The molecule has 0 saturated carbocycles. The maximum absolute atomic E-state index is 5.89. The van der Waals surface area contributed by atoms with Gasteiger partial charge in [0.1, 0.15) is 5.82 Å². The maximum Gasteiger partial charge on any atom is 0.128 e. The smallest absolute Gasteiger partial charge is 0.128 e. The Morgan fingerprint density at radius 2 is 2.18 bits per heavy atom. The Labute approximate surface area is 100 Å². The van der Waals surface area contributed by atoms with E-state index in [9.17, 15) is 0 Å². The molecule has 3 N–H and O–H groups in total. The molecule has 1 atom stereocenters. The summed E-state index contributed by atoms with van der Waals surface area (Å²) in [4.78, 5) is 12.5. The number of nitrogens with zero attached hydrogens (tertiary/aromatic N) is 3. The summed E-state index contributed by atoms with van der Waals surface area (Å²) in [6.45, 7) is 2.85. The molecule has 0 amide bonds. The monoisotopic (exact) mass is 229 g/mol.